The second-order valence-electron chi connectivity index (χ2n) is 6.95. The minimum Gasteiger partial charge on any atom is -0.497 e. The van der Waals surface area contributed by atoms with Gasteiger partial charge in [-0.1, -0.05) is 27.7 Å². The minimum absolute atomic E-state index is 0.00631. The quantitative estimate of drug-likeness (QED) is 0.625. The van der Waals surface area contributed by atoms with Crippen molar-refractivity contribution >= 4 is 39.3 Å². The maximum absolute atomic E-state index is 13.1. The highest BCUT2D eigenvalue weighted by atomic mass is 79.9. The van der Waals surface area contributed by atoms with E-state index in [2.05, 4.69) is 26.9 Å². The molecule has 0 aromatic heterocycles. The van der Waals surface area contributed by atoms with Gasteiger partial charge in [-0.15, -0.1) is 0 Å². The molecule has 0 N–H and O–H groups in total. The first-order valence-electron chi connectivity index (χ1n) is 9.35. The van der Waals surface area contributed by atoms with Crippen LogP contribution in [0.15, 0.2) is 57.5 Å². The van der Waals surface area contributed by atoms with Crippen molar-refractivity contribution in [2.45, 2.75) is 12.3 Å². The zero-order valence-electron chi connectivity index (χ0n) is 16.6. The molecule has 8 heteroatoms. The number of nitriles is 1. The van der Waals surface area contributed by atoms with Gasteiger partial charge in [0.25, 0.3) is 0 Å². The van der Waals surface area contributed by atoms with E-state index in [0.717, 1.165) is 20.8 Å². The smallest absolute Gasteiger partial charge is 0.229 e. The summed E-state index contributed by atoms with van der Waals surface area (Å²) in [5.41, 5.74) is 2.43. The van der Waals surface area contributed by atoms with Crippen LogP contribution < -0.4 is 14.4 Å². The molecule has 0 spiro atoms. The number of halogens is 1. The van der Waals surface area contributed by atoms with Crippen LogP contribution in [0.3, 0.4) is 0 Å². The topological polar surface area (TPSA) is 65.8 Å². The van der Waals surface area contributed by atoms with Gasteiger partial charge in [-0.3, -0.25) is 9.69 Å². The molecule has 1 fully saturated rings. The molecule has 2 aliphatic heterocycles. The van der Waals surface area contributed by atoms with E-state index in [1.54, 1.807) is 19.1 Å². The van der Waals surface area contributed by atoms with Gasteiger partial charge in [-0.25, -0.2) is 0 Å². The summed E-state index contributed by atoms with van der Waals surface area (Å²) in [5.74, 6) is 1.61. The minimum atomic E-state index is -0.356. The average Bonchev–Trinajstić information content (AvgIpc) is 2.79. The summed E-state index contributed by atoms with van der Waals surface area (Å²) in [6.45, 7) is 0.427. The van der Waals surface area contributed by atoms with Gasteiger partial charge >= 0.3 is 0 Å². The molecule has 0 radical (unpaired) electrons. The third kappa shape index (κ3) is 3.75. The fourth-order valence-corrected chi connectivity index (χ4v) is 5.19. The standard InChI is InChI=1S/C22H20BrN3O3S/c1-28-16-7-8-20(29-2)18(9-16)17-10-21(27)26-12-25(13-30-22(26)19(17)11-24)15-5-3-14(23)4-6-15/h3-9,17H,10,12-13H2,1-2H3/t17-/m1/s1. The third-order valence-electron chi connectivity index (χ3n) is 5.30. The first-order valence-corrected chi connectivity index (χ1v) is 11.1. The van der Waals surface area contributed by atoms with Gasteiger partial charge in [0.1, 0.15) is 11.5 Å². The van der Waals surface area contributed by atoms with Crippen molar-refractivity contribution in [1.29, 1.82) is 5.26 Å². The van der Waals surface area contributed by atoms with Crippen molar-refractivity contribution in [2.24, 2.45) is 0 Å². The van der Waals surface area contributed by atoms with Gasteiger partial charge in [0.05, 0.1) is 43.4 Å². The van der Waals surface area contributed by atoms with E-state index in [0.29, 0.717) is 29.6 Å². The monoisotopic (exact) mass is 485 g/mol. The second-order valence-corrected chi connectivity index (χ2v) is 8.80. The molecule has 1 atom stereocenters. The number of amides is 1. The Morgan fingerprint density at radius 2 is 1.93 bits per heavy atom. The summed E-state index contributed by atoms with van der Waals surface area (Å²) in [6, 6.07) is 15.8. The van der Waals surface area contributed by atoms with Crippen molar-refractivity contribution in [3.8, 4) is 17.6 Å². The Bertz CT molecular complexity index is 1050. The number of fused-ring (bicyclic) bond motifs is 1. The summed E-state index contributed by atoms with van der Waals surface area (Å²) >= 11 is 4.97. The fraction of sp³-hybridized carbons (Fsp3) is 0.273. The number of allylic oxidation sites excluding steroid dienone is 1. The van der Waals surface area contributed by atoms with Crippen LogP contribution in [-0.4, -0.2) is 37.6 Å². The van der Waals surface area contributed by atoms with Crippen LogP contribution >= 0.6 is 27.7 Å². The number of hydrogen-bond donors (Lipinski definition) is 0. The zero-order valence-corrected chi connectivity index (χ0v) is 19.0. The first-order chi connectivity index (χ1) is 14.5. The van der Waals surface area contributed by atoms with Gasteiger partial charge in [-0.05, 0) is 42.5 Å². The van der Waals surface area contributed by atoms with E-state index in [-0.39, 0.29) is 18.2 Å². The lowest BCUT2D eigenvalue weighted by molar-refractivity contribution is -0.129. The van der Waals surface area contributed by atoms with Gasteiger partial charge in [-0.2, -0.15) is 5.26 Å². The summed E-state index contributed by atoms with van der Waals surface area (Å²) in [4.78, 5) is 17.0. The van der Waals surface area contributed by atoms with E-state index in [1.165, 1.54) is 11.8 Å². The van der Waals surface area contributed by atoms with E-state index in [1.807, 2.05) is 42.5 Å². The van der Waals surface area contributed by atoms with Crippen molar-refractivity contribution in [1.82, 2.24) is 4.90 Å². The highest BCUT2D eigenvalue weighted by Crippen LogP contribution is 2.46. The Kier molecular flexibility index (Phi) is 5.93. The number of ether oxygens (including phenoxy) is 2. The molecule has 2 aromatic carbocycles. The molecular weight excluding hydrogens is 466 g/mol. The fourth-order valence-electron chi connectivity index (χ4n) is 3.75. The molecule has 1 saturated heterocycles. The number of carbonyl (C=O) groups excluding carboxylic acids is 1. The molecule has 0 unspecified atom stereocenters. The number of anilines is 1. The summed E-state index contributed by atoms with van der Waals surface area (Å²) in [5, 5.41) is 10.7. The first kappa shape index (κ1) is 20.6. The molecule has 0 saturated carbocycles. The van der Waals surface area contributed by atoms with Gasteiger partial charge in [0, 0.05) is 28.1 Å². The Balaban J connectivity index is 1.70. The maximum Gasteiger partial charge on any atom is 0.229 e. The molecule has 1 amide bonds. The van der Waals surface area contributed by atoms with Crippen LogP contribution in [0.2, 0.25) is 0 Å². The van der Waals surface area contributed by atoms with Crippen molar-refractivity contribution in [2.75, 3.05) is 31.7 Å². The van der Waals surface area contributed by atoms with Crippen LogP contribution in [0.4, 0.5) is 5.69 Å². The van der Waals surface area contributed by atoms with Crippen molar-refractivity contribution in [3.63, 3.8) is 0 Å². The number of methoxy groups -OCH3 is 2. The number of hydrogen-bond acceptors (Lipinski definition) is 6. The Labute approximate surface area is 188 Å². The van der Waals surface area contributed by atoms with Crippen LogP contribution in [-0.2, 0) is 4.79 Å². The Morgan fingerprint density at radius 3 is 2.60 bits per heavy atom. The SMILES string of the molecule is COc1ccc(OC)c([C@H]2CC(=O)N3CN(c4ccc(Br)cc4)CSC3=C2C#N)c1. The van der Waals surface area contributed by atoms with Crippen molar-refractivity contribution in [3.05, 3.63) is 63.1 Å². The van der Waals surface area contributed by atoms with Crippen LogP contribution in [0.5, 0.6) is 11.5 Å². The number of nitrogens with zero attached hydrogens (tertiary/aromatic N) is 3. The van der Waals surface area contributed by atoms with E-state index in [9.17, 15) is 10.1 Å². The predicted molar refractivity (Wildman–Crippen MR) is 120 cm³/mol. The van der Waals surface area contributed by atoms with Crippen LogP contribution in [0, 0.1) is 11.3 Å². The summed E-state index contributed by atoms with van der Waals surface area (Å²) in [6.07, 6.45) is 0.213. The lowest BCUT2D eigenvalue weighted by atomic mass is 9.86. The number of benzene rings is 2. The number of rotatable bonds is 4. The molecule has 2 heterocycles. The van der Waals surface area contributed by atoms with E-state index < -0.39 is 0 Å². The predicted octanol–water partition coefficient (Wildman–Crippen LogP) is 4.69. The highest BCUT2D eigenvalue weighted by Gasteiger charge is 2.39. The number of carbonyl (C=O) groups is 1. The Hall–Kier alpha value is -2.63. The molecule has 0 aliphatic carbocycles. The van der Waals surface area contributed by atoms with E-state index in [4.69, 9.17) is 9.47 Å². The molecule has 2 aromatic rings. The second kappa shape index (κ2) is 8.62. The Morgan fingerprint density at radius 1 is 1.17 bits per heavy atom. The van der Waals surface area contributed by atoms with E-state index >= 15 is 0 Å². The molecule has 30 heavy (non-hydrogen) atoms. The van der Waals surface area contributed by atoms with Crippen LogP contribution in [0.1, 0.15) is 17.9 Å². The summed E-state index contributed by atoms with van der Waals surface area (Å²) < 4.78 is 11.9. The lowest BCUT2D eigenvalue weighted by Crippen LogP contribution is -2.47. The van der Waals surface area contributed by atoms with Crippen molar-refractivity contribution < 1.29 is 14.3 Å². The zero-order chi connectivity index (χ0) is 21.3. The normalized spacial score (nSPS) is 18.7. The largest absolute Gasteiger partial charge is 0.497 e. The molecule has 2 aliphatic rings. The average molecular weight is 486 g/mol. The summed E-state index contributed by atoms with van der Waals surface area (Å²) in [7, 11) is 3.18. The third-order valence-corrected chi connectivity index (χ3v) is 6.98. The lowest BCUT2D eigenvalue weighted by Gasteiger charge is -2.42. The number of thioether (sulfide) groups is 1. The van der Waals surface area contributed by atoms with Gasteiger partial charge in [0.2, 0.25) is 5.91 Å². The van der Waals surface area contributed by atoms with Gasteiger partial charge < -0.3 is 14.4 Å². The molecular formula is C22H20BrN3O3S. The highest BCUT2D eigenvalue weighted by molar-refractivity contribution is 9.10. The maximum atomic E-state index is 13.1. The molecule has 4 rings (SSSR count). The van der Waals surface area contributed by atoms with Gasteiger partial charge in [0.15, 0.2) is 0 Å². The molecule has 154 valence electrons. The molecule has 6 nitrogen and oxygen atoms in total. The van der Waals surface area contributed by atoms with Crippen LogP contribution in [0.25, 0.3) is 0 Å². The molecule has 0 bridgehead atoms.